The molecule has 3 aliphatic rings. The summed E-state index contributed by atoms with van der Waals surface area (Å²) in [6.07, 6.45) is 6.60. The van der Waals surface area contributed by atoms with Crippen LogP contribution in [0.3, 0.4) is 0 Å². The largest absolute Gasteiger partial charge is 0.487 e. The van der Waals surface area contributed by atoms with E-state index in [2.05, 4.69) is 24.3 Å². The molecule has 1 saturated carbocycles. The van der Waals surface area contributed by atoms with Crippen LogP contribution < -0.4 is 4.74 Å². The van der Waals surface area contributed by atoms with E-state index in [1.165, 1.54) is 30.4 Å². The number of ether oxygens (including phenoxy) is 2. The number of benzene rings is 2. The lowest BCUT2D eigenvalue weighted by Crippen LogP contribution is -2.45. The molecule has 2 aromatic rings. The molecule has 2 N–H and O–H groups in total. The fraction of sp³-hybridized carbons (Fsp3) is 0.520. The van der Waals surface area contributed by atoms with Crippen LogP contribution in [0.2, 0.25) is 5.02 Å². The molecule has 5 heteroatoms. The van der Waals surface area contributed by atoms with E-state index in [1.54, 1.807) is 0 Å². The van der Waals surface area contributed by atoms with Crippen molar-refractivity contribution in [2.24, 2.45) is 0 Å². The molecule has 160 valence electrons. The smallest absolute Gasteiger partial charge is 0.123 e. The van der Waals surface area contributed by atoms with Gasteiger partial charge in [0.25, 0.3) is 0 Å². The highest BCUT2D eigenvalue weighted by Crippen LogP contribution is 2.45. The monoisotopic (exact) mass is 428 g/mol. The summed E-state index contributed by atoms with van der Waals surface area (Å²) in [5.41, 5.74) is 4.68. The van der Waals surface area contributed by atoms with E-state index in [4.69, 9.17) is 21.1 Å². The summed E-state index contributed by atoms with van der Waals surface area (Å²) >= 11 is 6.52. The lowest BCUT2D eigenvalue weighted by molar-refractivity contribution is -0.113. The van der Waals surface area contributed by atoms with Gasteiger partial charge in [0.2, 0.25) is 0 Å². The van der Waals surface area contributed by atoms with Gasteiger partial charge < -0.3 is 19.7 Å². The zero-order chi connectivity index (χ0) is 20.7. The fourth-order valence-corrected chi connectivity index (χ4v) is 5.26. The number of aliphatic hydroxyl groups excluding tert-OH is 2. The van der Waals surface area contributed by atoms with Crippen molar-refractivity contribution < 1.29 is 19.7 Å². The lowest BCUT2D eigenvalue weighted by atomic mass is 9.74. The van der Waals surface area contributed by atoms with Crippen LogP contribution in [0.5, 0.6) is 5.75 Å². The highest BCUT2D eigenvalue weighted by molar-refractivity contribution is 6.31. The van der Waals surface area contributed by atoms with E-state index in [1.807, 2.05) is 12.1 Å². The molecular formula is C25H29ClO4. The van der Waals surface area contributed by atoms with Gasteiger partial charge in [-0.3, -0.25) is 0 Å². The molecule has 2 aromatic carbocycles. The van der Waals surface area contributed by atoms with E-state index < -0.39 is 6.10 Å². The molecule has 3 atom stereocenters. The Bertz CT molecular complexity index is 923. The first kappa shape index (κ1) is 20.3. The number of aliphatic hydroxyl groups is 2. The van der Waals surface area contributed by atoms with Crippen LogP contribution in [0.4, 0.5) is 0 Å². The standard InChI is InChI=1S/C25H29ClO4/c26-22-4-3-17(24-14-20(28)13-21(15-27)29-24)12-19(22)11-16-2-5-23-18(10-16)6-9-25(30-23)7-1-8-25/h2-5,10,12,20-21,24,27-28H,1,6-9,11,13-15H2. The second-order valence-corrected chi connectivity index (χ2v) is 9.57. The Morgan fingerprint density at radius 3 is 2.70 bits per heavy atom. The van der Waals surface area contributed by atoms with Crippen molar-refractivity contribution in [2.45, 2.75) is 75.3 Å². The molecule has 1 aliphatic carbocycles. The summed E-state index contributed by atoms with van der Waals surface area (Å²) in [5, 5.41) is 20.3. The zero-order valence-corrected chi connectivity index (χ0v) is 17.9. The van der Waals surface area contributed by atoms with Gasteiger partial charge in [0, 0.05) is 17.9 Å². The Kier molecular flexibility index (Phi) is 5.53. The maximum Gasteiger partial charge on any atom is 0.123 e. The highest BCUT2D eigenvalue weighted by Gasteiger charge is 2.41. The molecule has 3 unspecified atom stereocenters. The number of fused-ring (bicyclic) bond motifs is 1. The van der Waals surface area contributed by atoms with E-state index in [0.717, 1.165) is 41.2 Å². The molecule has 2 heterocycles. The molecule has 5 rings (SSSR count). The average molecular weight is 429 g/mol. The maximum atomic E-state index is 10.1. The quantitative estimate of drug-likeness (QED) is 0.737. The molecule has 2 fully saturated rings. The molecule has 0 radical (unpaired) electrons. The van der Waals surface area contributed by atoms with Crippen LogP contribution in [0.15, 0.2) is 36.4 Å². The van der Waals surface area contributed by atoms with Crippen LogP contribution in [0.1, 0.15) is 66.9 Å². The van der Waals surface area contributed by atoms with Gasteiger partial charge in [0.1, 0.15) is 11.4 Å². The Balaban J connectivity index is 1.34. The second-order valence-electron chi connectivity index (χ2n) is 9.16. The molecule has 4 nitrogen and oxygen atoms in total. The zero-order valence-electron chi connectivity index (χ0n) is 17.1. The molecule has 1 spiro atoms. The molecular weight excluding hydrogens is 400 g/mol. The molecule has 30 heavy (non-hydrogen) atoms. The summed E-state index contributed by atoms with van der Waals surface area (Å²) in [4.78, 5) is 0. The Morgan fingerprint density at radius 2 is 1.93 bits per heavy atom. The van der Waals surface area contributed by atoms with Gasteiger partial charge >= 0.3 is 0 Å². The topological polar surface area (TPSA) is 58.9 Å². The normalized spacial score (nSPS) is 27.2. The third-order valence-electron chi connectivity index (χ3n) is 6.98. The van der Waals surface area contributed by atoms with E-state index >= 15 is 0 Å². The van der Waals surface area contributed by atoms with Crippen molar-refractivity contribution in [3.63, 3.8) is 0 Å². The second kappa shape index (κ2) is 8.16. The van der Waals surface area contributed by atoms with E-state index in [-0.39, 0.29) is 24.4 Å². The molecule has 2 aliphatic heterocycles. The van der Waals surface area contributed by atoms with Gasteiger partial charge in [0.15, 0.2) is 0 Å². The number of aryl methyl sites for hydroxylation is 1. The minimum Gasteiger partial charge on any atom is -0.487 e. The Hall–Kier alpha value is -1.59. The molecule has 0 bridgehead atoms. The number of halogens is 1. The number of hydrogen-bond acceptors (Lipinski definition) is 4. The van der Waals surface area contributed by atoms with Crippen molar-refractivity contribution in [3.05, 3.63) is 63.7 Å². The average Bonchev–Trinajstić information content (AvgIpc) is 2.73. The number of hydrogen-bond donors (Lipinski definition) is 2. The minimum absolute atomic E-state index is 0.0769. The van der Waals surface area contributed by atoms with Gasteiger partial charge in [-0.05, 0) is 72.9 Å². The SMILES string of the molecule is OCC1CC(O)CC(c2ccc(Cl)c(Cc3ccc4c(c3)CCC3(CCC3)O4)c2)O1. The van der Waals surface area contributed by atoms with Crippen LogP contribution in [-0.4, -0.2) is 34.6 Å². The molecule has 0 amide bonds. The van der Waals surface area contributed by atoms with Gasteiger partial charge in [-0.1, -0.05) is 35.9 Å². The van der Waals surface area contributed by atoms with Crippen molar-refractivity contribution in [3.8, 4) is 5.75 Å². The summed E-state index contributed by atoms with van der Waals surface area (Å²) in [7, 11) is 0. The summed E-state index contributed by atoms with van der Waals surface area (Å²) in [6.45, 7) is -0.0769. The van der Waals surface area contributed by atoms with Gasteiger partial charge in [0.05, 0.1) is 24.9 Å². The van der Waals surface area contributed by atoms with Crippen LogP contribution in [-0.2, 0) is 17.6 Å². The number of rotatable bonds is 4. The van der Waals surface area contributed by atoms with Crippen molar-refractivity contribution in [2.75, 3.05) is 6.61 Å². The summed E-state index contributed by atoms with van der Waals surface area (Å²) in [5.74, 6) is 1.05. The third-order valence-corrected chi connectivity index (χ3v) is 7.35. The van der Waals surface area contributed by atoms with Gasteiger partial charge in [-0.2, -0.15) is 0 Å². The summed E-state index contributed by atoms with van der Waals surface area (Å²) < 4.78 is 12.3. The van der Waals surface area contributed by atoms with Gasteiger partial charge in [-0.25, -0.2) is 0 Å². The third kappa shape index (κ3) is 3.99. The first-order valence-electron chi connectivity index (χ1n) is 11.1. The lowest BCUT2D eigenvalue weighted by Gasteiger charge is -2.45. The Morgan fingerprint density at radius 1 is 1.07 bits per heavy atom. The maximum absolute atomic E-state index is 10.1. The predicted octanol–water partition coefficient (Wildman–Crippen LogP) is 4.75. The van der Waals surface area contributed by atoms with Gasteiger partial charge in [-0.15, -0.1) is 0 Å². The van der Waals surface area contributed by atoms with Crippen LogP contribution >= 0.6 is 11.6 Å². The van der Waals surface area contributed by atoms with Crippen molar-refractivity contribution in [1.82, 2.24) is 0 Å². The Labute approximate surface area is 182 Å². The fourth-order valence-electron chi connectivity index (χ4n) is 5.08. The predicted molar refractivity (Wildman–Crippen MR) is 116 cm³/mol. The molecule has 1 saturated heterocycles. The van der Waals surface area contributed by atoms with Crippen molar-refractivity contribution >= 4 is 11.6 Å². The van der Waals surface area contributed by atoms with E-state index in [9.17, 15) is 10.2 Å². The van der Waals surface area contributed by atoms with E-state index in [0.29, 0.717) is 12.8 Å². The minimum atomic E-state index is -0.459. The first-order valence-corrected chi connectivity index (χ1v) is 11.4. The highest BCUT2D eigenvalue weighted by atomic mass is 35.5. The summed E-state index contributed by atoms with van der Waals surface area (Å²) in [6, 6.07) is 12.5. The van der Waals surface area contributed by atoms with Crippen LogP contribution in [0.25, 0.3) is 0 Å². The van der Waals surface area contributed by atoms with Crippen molar-refractivity contribution in [1.29, 1.82) is 0 Å². The first-order chi connectivity index (χ1) is 14.5. The molecule has 0 aromatic heterocycles. The van der Waals surface area contributed by atoms with Crippen LogP contribution in [0, 0.1) is 0 Å².